The van der Waals surface area contributed by atoms with Gasteiger partial charge >= 0.3 is 0 Å². The maximum absolute atomic E-state index is 12.4. The van der Waals surface area contributed by atoms with Gasteiger partial charge in [0.15, 0.2) is 0 Å². The summed E-state index contributed by atoms with van der Waals surface area (Å²) >= 11 is 0. The Morgan fingerprint density at radius 1 is 1.12 bits per heavy atom. The number of nitrogens with zero attached hydrogens (tertiary/aromatic N) is 3. The number of piperazine rings is 1. The van der Waals surface area contributed by atoms with Crippen molar-refractivity contribution in [3.63, 3.8) is 0 Å². The van der Waals surface area contributed by atoms with E-state index in [1.54, 1.807) is 12.4 Å². The number of aryl methyl sites for hydroxylation is 1. The zero-order valence-corrected chi connectivity index (χ0v) is 15.0. The molecule has 1 aromatic carbocycles. The smallest absolute Gasteiger partial charge is 0.237 e. The number of hydrogen-bond donors (Lipinski definition) is 1. The maximum Gasteiger partial charge on any atom is 0.237 e. The van der Waals surface area contributed by atoms with E-state index in [0.717, 1.165) is 31.7 Å². The van der Waals surface area contributed by atoms with Crippen molar-refractivity contribution >= 4 is 11.6 Å². The van der Waals surface area contributed by atoms with Gasteiger partial charge < -0.3 is 10.2 Å². The molecular formula is C20H26N4O. The Morgan fingerprint density at radius 3 is 2.48 bits per heavy atom. The lowest BCUT2D eigenvalue weighted by molar-refractivity contribution is -0.126. The van der Waals surface area contributed by atoms with Crippen LogP contribution in [-0.4, -0.2) is 48.0 Å². The number of benzene rings is 1. The average Bonchev–Trinajstić information content (AvgIpc) is 2.67. The highest BCUT2D eigenvalue weighted by Gasteiger charge is 2.25. The van der Waals surface area contributed by atoms with Gasteiger partial charge in [-0.3, -0.25) is 14.7 Å². The molecule has 1 fully saturated rings. The maximum atomic E-state index is 12.4. The van der Waals surface area contributed by atoms with E-state index >= 15 is 0 Å². The quantitative estimate of drug-likeness (QED) is 0.908. The number of anilines is 1. The fraction of sp³-hybridized carbons (Fsp3) is 0.400. The number of aromatic nitrogens is 1. The molecule has 1 aliphatic heterocycles. The minimum absolute atomic E-state index is 0.0844. The van der Waals surface area contributed by atoms with Crippen molar-refractivity contribution in [3.8, 4) is 0 Å². The highest BCUT2D eigenvalue weighted by atomic mass is 16.2. The molecular weight excluding hydrogens is 312 g/mol. The summed E-state index contributed by atoms with van der Waals surface area (Å²) < 4.78 is 0. The monoisotopic (exact) mass is 338 g/mol. The van der Waals surface area contributed by atoms with E-state index in [0.29, 0.717) is 6.54 Å². The Kier molecular flexibility index (Phi) is 5.66. The van der Waals surface area contributed by atoms with E-state index in [2.05, 4.69) is 51.3 Å². The number of carbonyl (C=O) groups excluding carboxylic acids is 1. The van der Waals surface area contributed by atoms with E-state index < -0.39 is 0 Å². The second kappa shape index (κ2) is 8.12. The predicted octanol–water partition coefficient (Wildman–Crippen LogP) is 2.22. The second-order valence-electron chi connectivity index (χ2n) is 6.56. The first-order valence-electron chi connectivity index (χ1n) is 8.86. The van der Waals surface area contributed by atoms with Crippen molar-refractivity contribution in [2.45, 2.75) is 26.4 Å². The molecule has 2 heterocycles. The van der Waals surface area contributed by atoms with Crippen LogP contribution in [0.4, 0.5) is 5.69 Å². The second-order valence-corrected chi connectivity index (χ2v) is 6.56. The minimum atomic E-state index is -0.110. The summed E-state index contributed by atoms with van der Waals surface area (Å²) in [5, 5.41) is 3.03. The molecule has 1 aliphatic rings. The molecule has 0 aliphatic carbocycles. The summed E-state index contributed by atoms with van der Waals surface area (Å²) in [5.74, 6) is 0.0844. The molecule has 0 radical (unpaired) electrons. The topological polar surface area (TPSA) is 48.5 Å². The zero-order chi connectivity index (χ0) is 17.6. The van der Waals surface area contributed by atoms with Gasteiger partial charge in [-0.1, -0.05) is 18.2 Å². The predicted molar refractivity (Wildman–Crippen MR) is 101 cm³/mol. The van der Waals surface area contributed by atoms with Crippen LogP contribution in [0.15, 0.2) is 48.8 Å². The summed E-state index contributed by atoms with van der Waals surface area (Å²) in [6, 6.07) is 12.2. The van der Waals surface area contributed by atoms with Gasteiger partial charge in [0.05, 0.1) is 6.04 Å². The number of para-hydroxylation sites is 1. The molecule has 1 amide bonds. The van der Waals surface area contributed by atoms with E-state index in [1.165, 1.54) is 11.3 Å². The molecule has 132 valence electrons. The van der Waals surface area contributed by atoms with Gasteiger partial charge in [-0.15, -0.1) is 0 Å². The first kappa shape index (κ1) is 17.4. The zero-order valence-electron chi connectivity index (χ0n) is 15.0. The van der Waals surface area contributed by atoms with Gasteiger partial charge in [-0.25, -0.2) is 0 Å². The van der Waals surface area contributed by atoms with Crippen LogP contribution >= 0.6 is 0 Å². The van der Waals surface area contributed by atoms with Crippen molar-refractivity contribution < 1.29 is 4.79 Å². The Labute approximate surface area is 149 Å². The molecule has 0 bridgehead atoms. The lowest BCUT2D eigenvalue weighted by atomic mass is 10.1. The molecule has 1 N–H and O–H groups in total. The first-order valence-corrected chi connectivity index (χ1v) is 8.86. The SMILES string of the molecule is Cc1ccccc1N1CCN([C@H](C)C(=O)NCc2ccncc2)CC1. The Hall–Kier alpha value is -2.40. The van der Waals surface area contributed by atoms with E-state index in [4.69, 9.17) is 0 Å². The Morgan fingerprint density at radius 2 is 1.80 bits per heavy atom. The number of amides is 1. The van der Waals surface area contributed by atoms with Gasteiger partial charge in [0.1, 0.15) is 0 Å². The molecule has 1 aromatic heterocycles. The molecule has 0 saturated carbocycles. The number of carbonyl (C=O) groups is 1. The van der Waals surface area contributed by atoms with Crippen molar-refractivity contribution in [1.29, 1.82) is 0 Å². The standard InChI is InChI=1S/C20H26N4O/c1-16-5-3-4-6-19(16)24-13-11-23(12-14-24)17(2)20(25)22-15-18-7-9-21-10-8-18/h3-10,17H,11-15H2,1-2H3,(H,22,25)/t17-/m1/s1. The van der Waals surface area contributed by atoms with E-state index in [9.17, 15) is 4.79 Å². The molecule has 0 unspecified atom stereocenters. The number of rotatable bonds is 5. The number of hydrogen-bond acceptors (Lipinski definition) is 4. The van der Waals surface area contributed by atoms with Crippen LogP contribution in [0.5, 0.6) is 0 Å². The molecule has 5 heteroatoms. The molecule has 1 saturated heterocycles. The highest BCUT2D eigenvalue weighted by molar-refractivity contribution is 5.81. The summed E-state index contributed by atoms with van der Waals surface area (Å²) in [4.78, 5) is 21.1. The van der Waals surface area contributed by atoms with Gasteiger partial charge in [-0.2, -0.15) is 0 Å². The highest BCUT2D eigenvalue weighted by Crippen LogP contribution is 2.21. The van der Waals surface area contributed by atoms with Crippen molar-refractivity contribution in [3.05, 3.63) is 59.9 Å². The normalized spacial score (nSPS) is 16.5. The third-order valence-corrected chi connectivity index (χ3v) is 4.91. The average molecular weight is 338 g/mol. The van der Waals surface area contributed by atoms with Gasteiger partial charge in [-0.05, 0) is 43.2 Å². The molecule has 2 aromatic rings. The van der Waals surface area contributed by atoms with Gasteiger partial charge in [0, 0.05) is 50.8 Å². The Bertz CT molecular complexity index is 696. The molecule has 1 atom stereocenters. The van der Waals surface area contributed by atoms with Crippen molar-refractivity contribution in [2.75, 3.05) is 31.1 Å². The summed E-state index contributed by atoms with van der Waals surface area (Å²) in [6.07, 6.45) is 3.49. The minimum Gasteiger partial charge on any atom is -0.369 e. The molecule has 5 nitrogen and oxygen atoms in total. The molecule has 25 heavy (non-hydrogen) atoms. The molecule has 3 rings (SSSR count). The van der Waals surface area contributed by atoms with Crippen molar-refractivity contribution in [1.82, 2.24) is 15.2 Å². The van der Waals surface area contributed by atoms with Crippen LogP contribution in [0.1, 0.15) is 18.1 Å². The van der Waals surface area contributed by atoms with Crippen LogP contribution in [0.2, 0.25) is 0 Å². The number of nitrogens with one attached hydrogen (secondary N) is 1. The third-order valence-electron chi connectivity index (χ3n) is 4.91. The number of pyridine rings is 1. The molecule has 0 spiro atoms. The van der Waals surface area contributed by atoms with Crippen LogP contribution in [-0.2, 0) is 11.3 Å². The summed E-state index contributed by atoms with van der Waals surface area (Å²) in [7, 11) is 0. The summed E-state index contributed by atoms with van der Waals surface area (Å²) in [6.45, 7) is 8.40. The van der Waals surface area contributed by atoms with Gasteiger partial charge in [0.2, 0.25) is 5.91 Å². The van der Waals surface area contributed by atoms with E-state index in [1.807, 2.05) is 19.1 Å². The fourth-order valence-electron chi connectivity index (χ4n) is 3.27. The first-order chi connectivity index (χ1) is 12.1. The lowest BCUT2D eigenvalue weighted by Gasteiger charge is -2.39. The summed E-state index contributed by atoms with van der Waals surface area (Å²) in [5.41, 5.74) is 3.68. The van der Waals surface area contributed by atoms with Crippen LogP contribution in [0.25, 0.3) is 0 Å². The van der Waals surface area contributed by atoms with Crippen molar-refractivity contribution in [2.24, 2.45) is 0 Å². The Balaban J connectivity index is 1.50. The van der Waals surface area contributed by atoms with E-state index in [-0.39, 0.29) is 11.9 Å². The fourth-order valence-corrected chi connectivity index (χ4v) is 3.27. The lowest BCUT2D eigenvalue weighted by Crippen LogP contribution is -2.54. The largest absolute Gasteiger partial charge is 0.369 e. The van der Waals surface area contributed by atoms with Crippen LogP contribution in [0.3, 0.4) is 0 Å². The van der Waals surface area contributed by atoms with Crippen LogP contribution < -0.4 is 10.2 Å². The van der Waals surface area contributed by atoms with Gasteiger partial charge in [0.25, 0.3) is 0 Å². The van der Waals surface area contributed by atoms with Crippen LogP contribution in [0, 0.1) is 6.92 Å². The third kappa shape index (κ3) is 4.37.